The normalized spacial score (nSPS) is 14.0. The van der Waals surface area contributed by atoms with Crippen molar-refractivity contribution in [1.29, 1.82) is 5.41 Å². The quantitative estimate of drug-likeness (QED) is 0.447. The average molecular weight is 396 g/mol. The van der Waals surface area contributed by atoms with Crippen molar-refractivity contribution in [2.24, 2.45) is 0 Å². The van der Waals surface area contributed by atoms with Crippen LogP contribution in [0, 0.1) is 5.41 Å². The molecule has 3 aromatic carbocycles. The van der Waals surface area contributed by atoms with Gasteiger partial charge in [-0.05, 0) is 29.8 Å². The number of amidine groups is 1. The van der Waals surface area contributed by atoms with Crippen molar-refractivity contribution in [3.8, 4) is 5.75 Å². The largest absolute Gasteiger partial charge is 0.509 e. The predicted molar refractivity (Wildman–Crippen MR) is 118 cm³/mol. The number of rotatable bonds is 5. The molecule has 0 aliphatic carbocycles. The maximum Gasteiger partial charge on any atom is 0.145 e. The summed E-state index contributed by atoms with van der Waals surface area (Å²) in [6.07, 6.45) is 0. The number of imidazole rings is 1. The van der Waals surface area contributed by atoms with Crippen molar-refractivity contribution in [2.75, 3.05) is 11.4 Å². The van der Waals surface area contributed by atoms with Crippen LogP contribution in [-0.4, -0.2) is 27.5 Å². The molecule has 1 aromatic heterocycles. The molecule has 0 fully saturated rings. The predicted octanol–water partition coefficient (Wildman–Crippen LogP) is 4.91. The molecule has 0 saturated heterocycles. The maximum atomic E-state index is 10.6. The summed E-state index contributed by atoms with van der Waals surface area (Å²) in [7, 11) is 0. The number of aliphatic hydroxyl groups excluding tert-OH is 1. The van der Waals surface area contributed by atoms with Crippen LogP contribution in [0.5, 0.6) is 5.75 Å². The van der Waals surface area contributed by atoms with E-state index in [1.807, 2.05) is 78.9 Å². The maximum absolute atomic E-state index is 10.6. The SMILES string of the molecule is N=C1C(c2nc3ccccc3[nH]2)=C(O)CN1c1cccc(OCc2ccccc2)c1. The lowest BCUT2D eigenvalue weighted by molar-refractivity contribution is 0.306. The molecule has 0 spiro atoms. The number of anilines is 1. The lowest BCUT2D eigenvalue weighted by Crippen LogP contribution is -2.26. The summed E-state index contributed by atoms with van der Waals surface area (Å²) in [5.74, 6) is 1.53. The first kappa shape index (κ1) is 18.0. The molecule has 0 bridgehead atoms. The van der Waals surface area contributed by atoms with Crippen LogP contribution >= 0.6 is 0 Å². The number of hydrogen-bond donors (Lipinski definition) is 3. The van der Waals surface area contributed by atoms with Gasteiger partial charge in [0.05, 0.1) is 23.2 Å². The lowest BCUT2D eigenvalue weighted by atomic mass is 10.2. The minimum atomic E-state index is 0.120. The Kier molecular flexibility index (Phi) is 4.44. The number of nitrogens with one attached hydrogen (secondary N) is 2. The summed E-state index contributed by atoms with van der Waals surface area (Å²) in [5, 5.41) is 19.3. The average Bonchev–Trinajstić information content (AvgIpc) is 3.33. The minimum Gasteiger partial charge on any atom is -0.509 e. The summed E-state index contributed by atoms with van der Waals surface area (Å²) in [6.45, 7) is 0.683. The van der Waals surface area contributed by atoms with Crippen LogP contribution < -0.4 is 9.64 Å². The molecule has 2 heterocycles. The minimum absolute atomic E-state index is 0.120. The van der Waals surface area contributed by atoms with Gasteiger partial charge in [-0.1, -0.05) is 48.5 Å². The van der Waals surface area contributed by atoms with Gasteiger partial charge >= 0.3 is 0 Å². The van der Waals surface area contributed by atoms with E-state index in [9.17, 15) is 5.11 Å². The topological polar surface area (TPSA) is 85.2 Å². The van der Waals surface area contributed by atoms with Crippen LogP contribution in [0.4, 0.5) is 5.69 Å². The molecule has 30 heavy (non-hydrogen) atoms. The third kappa shape index (κ3) is 3.28. The first-order valence-electron chi connectivity index (χ1n) is 9.69. The monoisotopic (exact) mass is 396 g/mol. The van der Waals surface area contributed by atoms with E-state index in [-0.39, 0.29) is 18.1 Å². The molecule has 0 saturated carbocycles. The Morgan fingerprint density at radius 2 is 1.80 bits per heavy atom. The summed E-state index contributed by atoms with van der Waals surface area (Å²) in [5.41, 5.74) is 3.96. The first-order valence-corrected chi connectivity index (χ1v) is 9.69. The van der Waals surface area contributed by atoms with Gasteiger partial charge < -0.3 is 19.7 Å². The fourth-order valence-corrected chi connectivity index (χ4v) is 3.60. The highest BCUT2D eigenvalue weighted by atomic mass is 16.5. The molecule has 0 atom stereocenters. The fraction of sp³-hybridized carbons (Fsp3) is 0.0833. The second kappa shape index (κ2) is 7.40. The van der Waals surface area contributed by atoms with Gasteiger partial charge in [0.15, 0.2) is 0 Å². The summed E-state index contributed by atoms with van der Waals surface area (Å²) >= 11 is 0. The molecule has 1 aliphatic heterocycles. The van der Waals surface area contributed by atoms with Crippen molar-refractivity contribution < 1.29 is 9.84 Å². The van der Waals surface area contributed by atoms with Crippen molar-refractivity contribution in [3.05, 3.63) is 96.0 Å². The van der Waals surface area contributed by atoms with Gasteiger partial charge in [0.1, 0.15) is 29.8 Å². The molecule has 148 valence electrons. The van der Waals surface area contributed by atoms with Crippen LogP contribution in [0.15, 0.2) is 84.6 Å². The number of benzene rings is 3. The zero-order valence-corrected chi connectivity index (χ0v) is 16.2. The van der Waals surface area contributed by atoms with Gasteiger partial charge in [0, 0.05) is 11.8 Å². The molecule has 1 aliphatic rings. The molecule has 4 aromatic rings. The number of H-pyrrole nitrogens is 1. The Bertz CT molecular complexity index is 1230. The van der Waals surface area contributed by atoms with Crippen molar-refractivity contribution in [2.45, 2.75) is 6.61 Å². The van der Waals surface area contributed by atoms with Gasteiger partial charge in [0.2, 0.25) is 0 Å². The molecule has 6 heteroatoms. The summed E-state index contributed by atoms with van der Waals surface area (Å²) < 4.78 is 5.91. The number of fused-ring (bicyclic) bond motifs is 1. The van der Waals surface area contributed by atoms with Crippen molar-refractivity contribution in [1.82, 2.24) is 9.97 Å². The molecular weight excluding hydrogens is 376 g/mol. The molecular formula is C24H20N4O2. The molecule has 0 amide bonds. The van der Waals surface area contributed by atoms with Crippen LogP contribution in [0.2, 0.25) is 0 Å². The van der Waals surface area contributed by atoms with Gasteiger partial charge in [-0.2, -0.15) is 0 Å². The van der Waals surface area contributed by atoms with E-state index in [4.69, 9.17) is 10.1 Å². The first-order chi connectivity index (χ1) is 14.7. The number of para-hydroxylation sites is 2. The Labute approximate surface area is 173 Å². The van der Waals surface area contributed by atoms with Gasteiger partial charge in [-0.15, -0.1) is 0 Å². The lowest BCUT2D eigenvalue weighted by Gasteiger charge is -2.19. The highest BCUT2D eigenvalue weighted by Gasteiger charge is 2.31. The van der Waals surface area contributed by atoms with Gasteiger partial charge in [-0.3, -0.25) is 5.41 Å². The van der Waals surface area contributed by atoms with E-state index < -0.39 is 0 Å². The molecule has 6 nitrogen and oxygen atoms in total. The summed E-state index contributed by atoms with van der Waals surface area (Å²) in [6, 6.07) is 25.2. The van der Waals surface area contributed by atoms with E-state index in [2.05, 4.69) is 9.97 Å². The number of aromatic nitrogens is 2. The number of hydrogen-bond acceptors (Lipinski definition) is 4. The number of ether oxygens (including phenoxy) is 1. The molecule has 3 N–H and O–H groups in total. The van der Waals surface area contributed by atoms with Crippen LogP contribution in [0.25, 0.3) is 16.6 Å². The smallest absolute Gasteiger partial charge is 0.145 e. The number of nitrogens with zero attached hydrogens (tertiary/aromatic N) is 2. The standard InChI is InChI=1S/C24H20N4O2/c25-23-22(24-26-19-11-4-5-12-20(19)27-24)21(29)14-28(23)17-9-6-10-18(13-17)30-15-16-7-2-1-3-8-16/h1-13,25,29H,14-15H2,(H,26,27). The molecule has 0 radical (unpaired) electrons. The number of aromatic amines is 1. The molecule has 5 rings (SSSR count). The Balaban J connectivity index is 1.37. The Morgan fingerprint density at radius 1 is 1.00 bits per heavy atom. The third-order valence-corrected chi connectivity index (χ3v) is 5.11. The highest BCUT2D eigenvalue weighted by Crippen LogP contribution is 2.32. The van der Waals surface area contributed by atoms with Crippen molar-refractivity contribution >= 4 is 28.1 Å². The Morgan fingerprint density at radius 3 is 2.63 bits per heavy atom. The Hall–Kier alpha value is -4.06. The van der Waals surface area contributed by atoms with Gasteiger partial charge in [0.25, 0.3) is 0 Å². The third-order valence-electron chi connectivity index (χ3n) is 5.11. The van der Waals surface area contributed by atoms with E-state index in [1.54, 1.807) is 4.90 Å². The zero-order valence-electron chi connectivity index (χ0n) is 16.2. The van der Waals surface area contributed by atoms with Crippen LogP contribution in [-0.2, 0) is 6.61 Å². The molecule has 0 unspecified atom stereocenters. The van der Waals surface area contributed by atoms with E-state index in [0.717, 1.165) is 22.3 Å². The number of aliphatic hydroxyl groups is 1. The van der Waals surface area contributed by atoms with Crippen molar-refractivity contribution in [3.63, 3.8) is 0 Å². The van der Waals surface area contributed by atoms with Crippen LogP contribution in [0.3, 0.4) is 0 Å². The van der Waals surface area contributed by atoms with Gasteiger partial charge in [-0.25, -0.2) is 4.98 Å². The summed E-state index contributed by atoms with van der Waals surface area (Å²) in [4.78, 5) is 9.48. The second-order valence-electron chi connectivity index (χ2n) is 7.13. The fourth-order valence-electron chi connectivity index (χ4n) is 3.60. The van der Waals surface area contributed by atoms with E-state index in [0.29, 0.717) is 23.8 Å². The zero-order chi connectivity index (χ0) is 20.5. The second-order valence-corrected chi connectivity index (χ2v) is 7.13. The van der Waals surface area contributed by atoms with E-state index in [1.165, 1.54) is 0 Å². The highest BCUT2D eigenvalue weighted by molar-refractivity contribution is 6.30. The van der Waals surface area contributed by atoms with E-state index >= 15 is 0 Å². The van der Waals surface area contributed by atoms with Crippen LogP contribution in [0.1, 0.15) is 11.4 Å².